The Hall–Kier alpha value is -1.06. The molecule has 3 rings (SSSR count). The number of piperidine rings is 1. The smallest absolute Gasteiger partial charge is 0.0367 e. The van der Waals surface area contributed by atoms with Crippen LogP contribution in [0.25, 0.3) is 0 Å². The maximum Gasteiger partial charge on any atom is 0.0367 e. The molecule has 0 radical (unpaired) electrons. The van der Waals surface area contributed by atoms with Crippen LogP contribution in [-0.2, 0) is 6.54 Å². The first kappa shape index (κ1) is 17.8. The Morgan fingerprint density at radius 1 is 0.875 bits per heavy atom. The number of nitrogens with zero attached hydrogens (tertiary/aromatic N) is 3. The monoisotopic (exact) mass is 329 g/mol. The third-order valence-corrected chi connectivity index (χ3v) is 6.10. The molecule has 0 unspecified atom stereocenters. The summed E-state index contributed by atoms with van der Waals surface area (Å²) in [6.45, 7) is 16.6. The number of benzene rings is 1. The molecule has 0 aliphatic carbocycles. The van der Waals surface area contributed by atoms with Gasteiger partial charge in [-0.25, -0.2) is 0 Å². The molecule has 0 saturated carbocycles. The van der Waals surface area contributed by atoms with Crippen molar-refractivity contribution in [3.8, 4) is 0 Å². The van der Waals surface area contributed by atoms with Crippen LogP contribution < -0.4 is 4.90 Å². The fraction of sp³-hybridized carbons (Fsp3) is 0.714. The number of hydrogen-bond donors (Lipinski definition) is 0. The first-order chi connectivity index (χ1) is 11.7. The van der Waals surface area contributed by atoms with Crippen molar-refractivity contribution in [1.82, 2.24) is 9.80 Å². The summed E-state index contributed by atoms with van der Waals surface area (Å²) in [5, 5.41) is 0. The molecule has 3 nitrogen and oxygen atoms in total. The van der Waals surface area contributed by atoms with Gasteiger partial charge in [-0.15, -0.1) is 0 Å². The minimum Gasteiger partial charge on any atom is -0.369 e. The van der Waals surface area contributed by atoms with Gasteiger partial charge in [-0.1, -0.05) is 32.9 Å². The molecule has 2 saturated heterocycles. The lowest BCUT2D eigenvalue weighted by Crippen LogP contribution is -2.46. The highest BCUT2D eigenvalue weighted by Gasteiger charge is 2.21. The minimum absolute atomic E-state index is 0.847. The Bertz CT molecular complexity index is 480. The average Bonchev–Trinajstić information content (AvgIpc) is 2.63. The summed E-state index contributed by atoms with van der Waals surface area (Å²) < 4.78 is 0. The van der Waals surface area contributed by atoms with E-state index >= 15 is 0 Å². The van der Waals surface area contributed by atoms with Crippen LogP contribution in [0.5, 0.6) is 0 Å². The van der Waals surface area contributed by atoms with Gasteiger partial charge in [-0.3, -0.25) is 4.90 Å². The zero-order chi connectivity index (χ0) is 16.9. The Morgan fingerprint density at radius 3 is 2.04 bits per heavy atom. The topological polar surface area (TPSA) is 9.72 Å². The molecule has 2 aliphatic heterocycles. The lowest BCUT2D eigenvalue weighted by atomic mass is 9.86. The molecule has 1 aromatic carbocycles. The molecule has 134 valence electrons. The summed E-state index contributed by atoms with van der Waals surface area (Å²) in [6.07, 6.45) is 2.74. The second-order valence-corrected chi connectivity index (χ2v) is 7.95. The van der Waals surface area contributed by atoms with E-state index in [1.54, 1.807) is 0 Å². The van der Waals surface area contributed by atoms with E-state index in [1.807, 2.05) is 0 Å². The summed E-state index contributed by atoms with van der Waals surface area (Å²) in [7, 11) is 0. The molecule has 0 spiro atoms. The highest BCUT2D eigenvalue weighted by molar-refractivity contribution is 5.48. The zero-order valence-electron chi connectivity index (χ0n) is 15.9. The predicted molar refractivity (Wildman–Crippen MR) is 104 cm³/mol. The second kappa shape index (κ2) is 8.35. The van der Waals surface area contributed by atoms with E-state index < -0.39 is 0 Å². The van der Waals surface area contributed by atoms with Gasteiger partial charge < -0.3 is 9.80 Å². The summed E-state index contributed by atoms with van der Waals surface area (Å²) in [5.41, 5.74) is 2.86. The van der Waals surface area contributed by atoms with E-state index in [9.17, 15) is 0 Å². The highest BCUT2D eigenvalue weighted by atomic mass is 15.3. The zero-order valence-corrected chi connectivity index (χ0v) is 15.9. The fourth-order valence-electron chi connectivity index (χ4n) is 4.17. The van der Waals surface area contributed by atoms with Crippen LogP contribution in [0.4, 0.5) is 5.69 Å². The van der Waals surface area contributed by atoms with Gasteiger partial charge in [0.2, 0.25) is 0 Å². The standard InChI is InChI=1S/C21H35N3/c1-4-22-13-15-24(16-14-22)21-7-5-19(6-8-21)17-23-11-9-20(10-12-23)18(2)3/h5-8,18,20H,4,9-17H2,1-3H3. The first-order valence-corrected chi connectivity index (χ1v) is 9.94. The second-order valence-electron chi connectivity index (χ2n) is 7.95. The number of anilines is 1. The van der Waals surface area contributed by atoms with Crippen molar-refractivity contribution < 1.29 is 0 Å². The fourth-order valence-corrected chi connectivity index (χ4v) is 4.17. The first-order valence-electron chi connectivity index (χ1n) is 9.94. The SMILES string of the molecule is CCN1CCN(c2ccc(CN3CCC(C(C)C)CC3)cc2)CC1. The van der Waals surface area contributed by atoms with Crippen molar-refractivity contribution in [3.63, 3.8) is 0 Å². The number of hydrogen-bond acceptors (Lipinski definition) is 3. The molecule has 0 bridgehead atoms. The van der Waals surface area contributed by atoms with Gasteiger partial charge in [0, 0.05) is 38.4 Å². The summed E-state index contributed by atoms with van der Waals surface area (Å²) in [4.78, 5) is 7.70. The van der Waals surface area contributed by atoms with Gasteiger partial charge in [-0.05, 0) is 62.0 Å². The lowest BCUT2D eigenvalue weighted by Gasteiger charge is -2.36. The molecule has 2 fully saturated rings. The van der Waals surface area contributed by atoms with E-state index in [2.05, 4.69) is 59.7 Å². The molecule has 1 aromatic rings. The Balaban J connectivity index is 1.49. The molecular weight excluding hydrogens is 294 g/mol. The van der Waals surface area contributed by atoms with Crippen LogP contribution in [0.2, 0.25) is 0 Å². The average molecular weight is 330 g/mol. The molecule has 2 heterocycles. The Morgan fingerprint density at radius 2 is 1.50 bits per heavy atom. The van der Waals surface area contributed by atoms with E-state index in [0.29, 0.717) is 0 Å². The summed E-state index contributed by atoms with van der Waals surface area (Å²) in [6, 6.07) is 9.35. The highest BCUT2D eigenvalue weighted by Crippen LogP contribution is 2.25. The van der Waals surface area contributed by atoms with Gasteiger partial charge in [0.15, 0.2) is 0 Å². The largest absolute Gasteiger partial charge is 0.369 e. The van der Waals surface area contributed by atoms with Crippen LogP contribution in [0.1, 0.15) is 39.2 Å². The van der Waals surface area contributed by atoms with E-state index in [4.69, 9.17) is 0 Å². The maximum atomic E-state index is 2.63. The number of likely N-dealkylation sites (N-methyl/N-ethyl adjacent to an activating group) is 1. The molecule has 0 atom stereocenters. The summed E-state index contributed by atoms with van der Waals surface area (Å²) in [5.74, 6) is 1.78. The normalized spacial score (nSPS) is 21.6. The van der Waals surface area contributed by atoms with E-state index in [-0.39, 0.29) is 0 Å². The Labute approximate surface area is 148 Å². The van der Waals surface area contributed by atoms with Crippen molar-refractivity contribution in [2.24, 2.45) is 11.8 Å². The molecule has 2 aliphatic rings. The molecular formula is C21H35N3. The quantitative estimate of drug-likeness (QED) is 0.815. The summed E-state index contributed by atoms with van der Waals surface area (Å²) >= 11 is 0. The van der Waals surface area contributed by atoms with Crippen molar-refractivity contribution in [2.45, 2.75) is 40.2 Å². The van der Waals surface area contributed by atoms with E-state index in [0.717, 1.165) is 31.5 Å². The number of rotatable bonds is 5. The van der Waals surface area contributed by atoms with Gasteiger partial charge in [0.1, 0.15) is 0 Å². The number of piperazine rings is 1. The molecule has 0 N–H and O–H groups in total. The van der Waals surface area contributed by atoms with Gasteiger partial charge >= 0.3 is 0 Å². The van der Waals surface area contributed by atoms with Gasteiger partial charge in [0.25, 0.3) is 0 Å². The third kappa shape index (κ3) is 4.52. The van der Waals surface area contributed by atoms with Gasteiger partial charge in [-0.2, -0.15) is 0 Å². The van der Waals surface area contributed by atoms with Crippen molar-refractivity contribution >= 4 is 5.69 Å². The molecule has 0 aromatic heterocycles. The maximum absolute atomic E-state index is 2.63. The van der Waals surface area contributed by atoms with Crippen LogP contribution in [0.3, 0.4) is 0 Å². The molecule has 3 heteroatoms. The van der Waals surface area contributed by atoms with Crippen LogP contribution in [-0.4, -0.2) is 55.6 Å². The van der Waals surface area contributed by atoms with Crippen LogP contribution in [0, 0.1) is 11.8 Å². The van der Waals surface area contributed by atoms with Crippen molar-refractivity contribution in [1.29, 1.82) is 0 Å². The van der Waals surface area contributed by atoms with Gasteiger partial charge in [0.05, 0.1) is 0 Å². The van der Waals surface area contributed by atoms with E-state index in [1.165, 1.54) is 56.8 Å². The van der Waals surface area contributed by atoms with Crippen LogP contribution in [0.15, 0.2) is 24.3 Å². The predicted octanol–water partition coefficient (Wildman–Crippen LogP) is 3.70. The molecule has 0 amide bonds. The van der Waals surface area contributed by atoms with Crippen LogP contribution >= 0.6 is 0 Å². The molecule has 24 heavy (non-hydrogen) atoms. The van der Waals surface area contributed by atoms with Crippen molar-refractivity contribution in [3.05, 3.63) is 29.8 Å². The lowest BCUT2D eigenvalue weighted by molar-refractivity contribution is 0.152. The Kier molecular flexibility index (Phi) is 6.18. The van der Waals surface area contributed by atoms with Crippen molar-refractivity contribution in [2.75, 3.05) is 50.7 Å². The third-order valence-electron chi connectivity index (χ3n) is 6.10. The number of likely N-dealkylation sites (tertiary alicyclic amines) is 1. The minimum atomic E-state index is 0.847.